The lowest BCUT2D eigenvalue weighted by Gasteiger charge is -2.09. The summed E-state index contributed by atoms with van der Waals surface area (Å²) in [6.07, 6.45) is 1.29. The van der Waals surface area contributed by atoms with Gasteiger partial charge in [0, 0.05) is 17.5 Å². The molecule has 1 rings (SSSR count). The average molecular weight is 251 g/mol. The lowest BCUT2D eigenvalue weighted by Crippen LogP contribution is -2.21. The van der Waals surface area contributed by atoms with Gasteiger partial charge in [0.2, 0.25) is 0 Å². The Hall–Kier alpha value is -0.470. The van der Waals surface area contributed by atoms with Crippen LogP contribution in [0.25, 0.3) is 0 Å². The summed E-state index contributed by atoms with van der Waals surface area (Å²) in [6.45, 7) is 9.88. The molecule has 0 aliphatic carbocycles. The molecule has 0 aliphatic rings. The zero-order valence-corrected chi connectivity index (χ0v) is 12.3. The van der Waals surface area contributed by atoms with Crippen molar-refractivity contribution < 1.29 is 0 Å². The van der Waals surface area contributed by atoms with Gasteiger partial charge in [-0.2, -0.15) is 0 Å². The fourth-order valence-electron chi connectivity index (χ4n) is 1.44. The van der Waals surface area contributed by atoms with E-state index in [0.717, 1.165) is 12.5 Å². The largest absolute Gasteiger partial charge is 0.310 e. The molecule has 0 atom stereocenters. The number of benzene rings is 1. The van der Waals surface area contributed by atoms with Crippen molar-refractivity contribution in [3.05, 3.63) is 29.8 Å². The third-order valence-corrected chi connectivity index (χ3v) is 3.65. The van der Waals surface area contributed by atoms with Gasteiger partial charge in [0.25, 0.3) is 0 Å². The molecule has 0 aromatic heterocycles. The molecule has 0 radical (unpaired) electrons. The van der Waals surface area contributed by atoms with Crippen LogP contribution in [0, 0.1) is 5.92 Å². The molecule has 0 unspecified atom stereocenters. The van der Waals surface area contributed by atoms with Crippen LogP contribution in [0.2, 0.25) is 0 Å². The summed E-state index contributed by atoms with van der Waals surface area (Å²) in [5, 5.41) is 3.43. The first-order valence-corrected chi connectivity index (χ1v) is 7.51. The van der Waals surface area contributed by atoms with Crippen molar-refractivity contribution in [1.29, 1.82) is 0 Å². The molecule has 0 saturated carbocycles. The van der Waals surface area contributed by atoms with E-state index in [0.29, 0.717) is 6.04 Å². The molecule has 1 nitrogen and oxygen atoms in total. The second kappa shape index (κ2) is 7.78. The van der Waals surface area contributed by atoms with Crippen molar-refractivity contribution >= 4 is 11.8 Å². The first kappa shape index (κ1) is 14.6. The molecule has 0 bridgehead atoms. The molecule has 1 aromatic rings. The molecule has 0 amide bonds. The Morgan fingerprint density at radius 1 is 1.06 bits per heavy atom. The molecular formula is C15H25NS. The second-order valence-electron chi connectivity index (χ2n) is 5.21. The van der Waals surface area contributed by atoms with Gasteiger partial charge in [-0.25, -0.2) is 0 Å². The Kier molecular flexibility index (Phi) is 6.68. The minimum atomic E-state index is 0.551. The highest BCUT2D eigenvalue weighted by Gasteiger charge is 1.98. The summed E-state index contributed by atoms with van der Waals surface area (Å²) in [4.78, 5) is 1.39. The first-order valence-electron chi connectivity index (χ1n) is 6.53. The van der Waals surface area contributed by atoms with Crippen LogP contribution in [-0.4, -0.2) is 11.8 Å². The number of nitrogens with one attached hydrogen (secondary N) is 1. The first-order chi connectivity index (χ1) is 8.08. The predicted molar refractivity (Wildman–Crippen MR) is 78.6 cm³/mol. The number of hydrogen-bond donors (Lipinski definition) is 1. The lowest BCUT2D eigenvalue weighted by atomic mass is 10.2. The highest BCUT2D eigenvalue weighted by Crippen LogP contribution is 2.20. The lowest BCUT2D eigenvalue weighted by molar-refractivity contribution is 0.588. The summed E-state index contributed by atoms with van der Waals surface area (Å²) in [7, 11) is 0. The maximum Gasteiger partial charge on any atom is 0.0207 e. The Labute approximate surface area is 110 Å². The van der Waals surface area contributed by atoms with E-state index < -0.39 is 0 Å². The van der Waals surface area contributed by atoms with Gasteiger partial charge in [-0.1, -0.05) is 39.8 Å². The van der Waals surface area contributed by atoms with Gasteiger partial charge in [-0.3, -0.25) is 0 Å². The molecule has 1 N–H and O–H groups in total. The molecule has 2 heteroatoms. The van der Waals surface area contributed by atoms with Gasteiger partial charge in [0.15, 0.2) is 0 Å². The Balaban J connectivity index is 2.34. The van der Waals surface area contributed by atoms with Crippen LogP contribution in [0.3, 0.4) is 0 Å². The fraction of sp³-hybridized carbons (Fsp3) is 0.600. The van der Waals surface area contributed by atoms with E-state index in [1.165, 1.54) is 22.6 Å². The Morgan fingerprint density at radius 3 is 2.24 bits per heavy atom. The summed E-state index contributed by atoms with van der Waals surface area (Å²) in [5.41, 5.74) is 1.37. The van der Waals surface area contributed by atoms with Crippen molar-refractivity contribution in [2.45, 2.75) is 51.6 Å². The molecule has 96 valence electrons. The molecular weight excluding hydrogens is 226 g/mol. The normalized spacial score (nSPS) is 11.4. The number of hydrogen-bond acceptors (Lipinski definition) is 2. The summed E-state index contributed by atoms with van der Waals surface area (Å²) >= 11 is 1.96. The van der Waals surface area contributed by atoms with Crippen LogP contribution in [-0.2, 0) is 6.54 Å². The van der Waals surface area contributed by atoms with Crippen LogP contribution in [0.15, 0.2) is 29.2 Å². The van der Waals surface area contributed by atoms with Gasteiger partial charge < -0.3 is 5.32 Å². The smallest absolute Gasteiger partial charge is 0.0207 e. The van der Waals surface area contributed by atoms with Gasteiger partial charge in [-0.05, 0) is 35.8 Å². The van der Waals surface area contributed by atoms with Gasteiger partial charge in [0.1, 0.15) is 0 Å². The van der Waals surface area contributed by atoms with Crippen molar-refractivity contribution in [2.75, 3.05) is 5.75 Å². The molecule has 1 aromatic carbocycles. The van der Waals surface area contributed by atoms with Crippen molar-refractivity contribution in [2.24, 2.45) is 5.92 Å². The monoisotopic (exact) mass is 251 g/mol. The van der Waals surface area contributed by atoms with E-state index >= 15 is 0 Å². The highest BCUT2D eigenvalue weighted by molar-refractivity contribution is 7.99. The quantitative estimate of drug-likeness (QED) is 0.724. The van der Waals surface area contributed by atoms with E-state index in [1.807, 2.05) is 11.8 Å². The molecule has 17 heavy (non-hydrogen) atoms. The molecule has 0 aliphatic heterocycles. The number of thioether (sulfide) groups is 1. The van der Waals surface area contributed by atoms with Crippen molar-refractivity contribution in [3.8, 4) is 0 Å². The minimum Gasteiger partial charge on any atom is -0.310 e. The predicted octanol–water partition coefficient (Wildman–Crippen LogP) is 4.32. The van der Waals surface area contributed by atoms with Gasteiger partial charge in [-0.15, -0.1) is 11.8 Å². The van der Waals surface area contributed by atoms with Crippen LogP contribution in [0.4, 0.5) is 0 Å². The van der Waals surface area contributed by atoms with E-state index in [1.54, 1.807) is 0 Å². The summed E-state index contributed by atoms with van der Waals surface area (Å²) in [5.74, 6) is 2.03. The van der Waals surface area contributed by atoms with E-state index in [2.05, 4.69) is 57.3 Å². The topological polar surface area (TPSA) is 12.0 Å². The van der Waals surface area contributed by atoms with Crippen LogP contribution in [0.1, 0.15) is 39.7 Å². The van der Waals surface area contributed by atoms with Gasteiger partial charge in [0.05, 0.1) is 0 Å². The summed E-state index contributed by atoms with van der Waals surface area (Å²) in [6, 6.07) is 9.49. The van der Waals surface area contributed by atoms with E-state index in [9.17, 15) is 0 Å². The standard InChI is InChI=1S/C15H25NS/c1-12(2)9-10-17-15-7-5-14(6-8-15)11-16-13(3)4/h5-8,12-13,16H,9-11H2,1-4H3. The zero-order valence-electron chi connectivity index (χ0n) is 11.5. The third-order valence-electron chi connectivity index (χ3n) is 2.60. The van der Waals surface area contributed by atoms with Crippen LogP contribution < -0.4 is 5.32 Å². The minimum absolute atomic E-state index is 0.551. The Morgan fingerprint density at radius 2 is 1.71 bits per heavy atom. The average Bonchev–Trinajstić information content (AvgIpc) is 2.27. The van der Waals surface area contributed by atoms with Gasteiger partial charge >= 0.3 is 0 Å². The highest BCUT2D eigenvalue weighted by atomic mass is 32.2. The van der Waals surface area contributed by atoms with Crippen LogP contribution in [0.5, 0.6) is 0 Å². The van der Waals surface area contributed by atoms with E-state index in [-0.39, 0.29) is 0 Å². The van der Waals surface area contributed by atoms with E-state index in [4.69, 9.17) is 0 Å². The second-order valence-corrected chi connectivity index (χ2v) is 6.38. The zero-order chi connectivity index (χ0) is 12.7. The third kappa shape index (κ3) is 6.75. The summed E-state index contributed by atoms with van der Waals surface area (Å²) < 4.78 is 0. The molecule has 0 spiro atoms. The SMILES string of the molecule is CC(C)CCSc1ccc(CNC(C)C)cc1. The molecule has 0 heterocycles. The van der Waals surface area contributed by atoms with Crippen molar-refractivity contribution in [3.63, 3.8) is 0 Å². The van der Waals surface area contributed by atoms with Crippen LogP contribution >= 0.6 is 11.8 Å². The molecule has 0 fully saturated rings. The maximum absolute atomic E-state index is 3.43. The maximum atomic E-state index is 3.43. The number of rotatable bonds is 7. The van der Waals surface area contributed by atoms with Crippen molar-refractivity contribution in [1.82, 2.24) is 5.32 Å². The Bertz CT molecular complexity index is 303. The fourth-order valence-corrected chi connectivity index (χ4v) is 2.59. The molecule has 0 saturated heterocycles.